The van der Waals surface area contributed by atoms with E-state index in [1.54, 1.807) is 11.3 Å². The number of nitrogens with one attached hydrogen (secondary N) is 1. The van der Waals surface area contributed by atoms with Gasteiger partial charge in [0, 0.05) is 48.6 Å². The molecule has 4 heterocycles. The van der Waals surface area contributed by atoms with Gasteiger partial charge < -0.3 is 14.8 Å². The molecule has 0 bridgehead atoms. The van der Waals surface area contributed by atoms with E-state index in [1.807, 2.05) is 6.20 Å². The van der Waals surface area contributed by atoms with Gasteiger partial charge >= 0.3 is 0 Å². The molecule has 0 unspecified atom stereocenters. The van der Waals surface area contributed by atoms with Crippen molar-refractivity contribution in [3.05, 3.63) is 47.5 Å². The number of benzene rings is 1. The van der Waals surface area contributed by atoms with Crippen LogP contribution in [0.4, 0.5) is 0 Å². The third-order valence-electron chi connectivity index (χ3n) is 4.85. The smallest absolute Gasteiger partial charge is 0.213 e. The average Bonchev–Trinajstić information content (AvgIpc) is 3.10. The van der Waals surface area contributed by atoms with Crippen LogP contribution in [0.5, 0.6) is 5.75 Å². The lowest BCUT2D eigenvalue weighted by Gasteiger charge is -2.41. The van der Waals surface area contributed by atoms with Crippen LogP contribution in [-0.4, -0.2) is 23.9 Å². The zero-order chi connectivity index (χ0) is 16.0. The van der Waals surface area contributed by atoms with Crippen LogP contribution in [0.15, 0.2) is 41.9 Å². The summed E-state index contributed by atoms with van der Waals surface area (Å²) in [6.07, 6.45) is 3.74. The molecule has 1 saturated heterocycles. The monoisotopic (exact) mass is 338 g/mol. The van der Waals surface area contributed by atoms with E-state index in [4.69, 9.17) is 9.47 Å². The van der Waals surface area contributed by atoms with Crippen molar-refractivity contribution < 1.29 is 9.47 Å². The lowest BCUT2D eigenvalue weighted by atomic mass is 10.00. The van der Waals surface area contributed by atoms with Crippen LogP contribution in [0.3, 0.4) is 0 Å². The average molecular weight is 338 g/mol. The van der Waals surface area contributed by atoms with Crippen molar-refractivity contribution in [2.24, 2.45) is 0 Å². The standard InChI is InChI=1S/C19H18N2O2S/c1-2-17-16(12-22-19(23-17)4-6-20-7-5-19)9-13(1)15-10-14-3-8-24-18(14)21-11-15/h1-3,8-11,20H,4-7,12H2. The van der Waals surface area contributed by atoms with Crippen molar-refractivity contribution in [2.75, 3.05) is 13.1 Å². The van der Waals surface area contributed by atoms with Crippen molar-refractivity contribution in [1.82, 2.24) is 10.3 Å². The molecule has 2 aromatic heterocycles. The predicted molar refractivity (Wildman–Crippen MR) is 95.3 cm³/mol. The molecule has 122 valence electrons. The maximum absolute atomic E-state index is 6.23. The summed E-state index contributed by atoms with van der Waals surface area (Å²) in [5.41, 5.74) is 3.40. The number of aromatic nitrogens is 1. The first-order valence-corrected chi connectivity index (χ1v) is 9.20. The second-order valence-corrected chi connectivity index (χ2v) is 7.31. The van der Waals surface area contributed by atoms with Crippen molar-refractivity contribution in [3.63, 3.8) is 0 Å². The molecule has 4 nitrogen and oxygen atoms in total. The van der Waals surface area contributed by atoms with E-state index in [2.05, 4.69) is 46.0 Å². The van der Waals surface area contributed by atoms with E-state index >= 15 is 0 Å². The normalized spacial score (nSPS) is 19.2. The first-order valence-electron chi connectivity index (χ1n) is 8.32. The van der Waals surface area contributed by atoms with Gasteiger partial charge in [0.15, 0.2) is 0 Å². The summed E-state index contributed by atoms with van der Waals surface area (Å²) >= 11 is 1.67. The minimum atomic E-state index is -0.434. The highest BCUT2D eigenvalue weighted by Crippen LogP contribution is 2.38. The van der Waals surface area contributed by atoms with Crippen LogP contribution in [0, 0.1) is 0 Å². The van der Waals surface area contributed by atoms with E-state index in [9.17, 15) is 0 Å². The van der Waals surface area contributed by atoms with Gasteiger partial charge in [0.25, 0.3) is 0 Å². The van der Waals surface area contributed by atoms with Crippen molar-refractivity contribution >= 4 is 21.6 Å². The molecule has 0 aliphatic carbocycles. The number of pyridine rings is 1. The molecule has 24 heavy (non-hydrogen) atoms. The number of piperidine rings is 1. The van der Waals surface area contributed by atoms with Gasteiger partial charge in [0.05, 0.1) is 6.61 Å². The van der Waals surface area contributed by atoms with Crippen LogP contribution < -0.4 is 10.1 Å². The molecule has 3 aromatic rings. The molecule has 5 heteroatoms. The van der Waals surface area contributed by atoms with Gasteiger partial charge in [-0.15, -0.1) is 11.3 Å². The fraction of sp³-hybridized carbons (Fsp3) is 0.316. The first kappa shape index (κ1) is 14.4. The number of nitrogens with zero attached hydrogens (tertiary/aromatic N) is 1. The Balaban J connectivity index is 1.48. The summed E-state index contributed by atoms with van der Waals surface area (Å²) in [5, 5.41) is 6.63. The second kappa shape index (κ2) is 5.55. The highest BCUT2D eigenvalue weighted by Gasteiger charge is 2.38. The van der Waals surface area contributed by atoms with Gasteiger partial charge in [-0.05, 0) is 35.2 Å². The highest BCUT2D eigenvalue weighted by molar-refractivity contribution is 7.16. The lowest BCUT2D eigenvalue weighted by molar-refractivity contribution is -0.218. The predicted octanol–water partition coefficient (Wildman–Crippen LogP) is 3.95. The molecular formula is C19H18N2O2S. The zero-order valence-electron chi connectivity index (χ0n) is 13.2. The van der Waals surface area contributed by atoms with E-state index < -0.39 is 5.79 Å². The zero-order valence-corrected chi connectivity index (χ0v) is 14.1. The molecule has 0 atom stereocenters. The SMILES string of the molecule is c1cc2cc(-c3ccc4c(c3)COC3(CCNCC3)O4)cnc2s1. The molecule has 1 aromatic carbocycles. The topological polar surface area (TPSA) is 43.4 Å². The van der Waals surface area contributed by atoms with Gasteiger partial charge in [-0.25, -0.2) is 4.98 Å². The van der Waals surface area contributed by atoms with Gasteiger partial charge in [0.2, 0.25) is 5.79 Å². The molecular weight excluding hydrogens is 320 g/mol. The molecule has 2 aliphatic heterocycles. The Bertz CT molecular complexity index is 899. The maximum Gasteiger partial charge on any atom is 0.213 e. The van der Waals surface area contributed by atoms with Crippen molar-refractivity contribution in [3.8, 4) is 16.9 Å². The maximum atomic E-state index is 6.23. The fourth-order valence-corrected chi connectivity index (χ4v) is 4.20. The minimum Gasteiger partial charge on any atom is -0.462 e. The summed E-state index contributed by atoms with van der Waals surface area (Å²) in [4.78, 5) is 5.63. The van der Waals surface area contributed by atoms with E-state index in [1.165, 1.54) is 5.39 Å². The van der Waals surface area contributed by atoms with E-state index in [0.29, 0.717) is 6.61 Å². The molecule has 5 rings (SSSR count). The Labute approximate surface area is 144 Å². The van der Waals surface area contributed by atoms with Crippen LogP contribution in [0.25, 0.3) is 21.3 Å². The molecule has 1 N–H and O–H groups in total. The van der Waals surface area contributed by atoms with E-state index in [-0.39, 0.29) is 0 Å². The number of ether oxygens (including phenoxy) is 2. The number of hydrogen-bond acceptors (Lipinski definition) is 5. The highest BCUT2D eigenvalue weighted by atomic mass is 32.1. The molecule has 0 amide bonds. The summed E-state index contributed by atoms with van der Waals surface area (Å²) in [6.45, 7) is 2.50. The summed E-state index contributed by atoms with van der Waals surface area (Å²) in [7, 11) is 0. The Hall–Kier alpha value is -1.95. The Morgan fingerprint density at radius 2 is 2.00 bits per heavy atom. The molecule has 0 saturated carbocycles. The van der Waals surface area contributed by atoms with Crippen molar-refractivity contribution in [2.45, 2.75) is 25.2 Å². The lowest BCUT2D eigenvalue weighted by Crippen LogP contribution is -2.49. The number of rotatable bonds is 1. The van der Waals surface area contributed by atoms with Crippen LogP contribution in [0.2, 0.25) is 0 Å². The molecule has 1 fully saturated rings. The van der Waals surface area contributed by atoms with Gasteiger partial charge in [-0.3, -0.25) is 0 Å². The van der Waals surface area contributed by atoms with Gasteiger partial charge in [-0.1, -0.05) is 6.07 Å². The largest absolute Gasteiger partial charge is 0.462 e. The number of hydrogen-bond donors (Lipinski definition) is 1. The van der Waals surface area contributed by atoms with Crippen LogP contribution in [-0.2, 0) is 11.3 Å². The summed E-state index contributed by atoms with van der Waals surface area (Å²) in [6, 6.07) is 10.7. The third kappa shape index (κ3) is 2.40. The summed E-state index contributed by atoms with van der Waals surface area (Å²) < 4.78 is 12.3. The number of thiophene rings is 1. The Kier molecular flexibility index (Phi) is 3.33. The number of fused-ring (bicyclic) bond motifs is 2. The molecule has 1 spiro atoms. The first-order chi connectivity index (χ1) is 11.8. The van der Waals surface area contributed by atoms with Crippen LogP contribution in [0.1, 0.15) is 18.4 Å². The molecule has 2 aliphatic rings. The van der Waals surface area contributed by atoms with Crippen LogP contribution >= 0.6 is 11.3 Å². The fourth-order valence-electron chi connectivity index (χ4n) is 3.48. The van der Waals surface area contributed by atoms with E-state index in [0.717, 1.165) is 53.2 Å². The third-order valence-corrected chi connectivity index (χ3v) is 5.69. The summed E-state index contributed by atoms with van der Waals surface area (Å²) in [5.74, 6) is 0.521. The quantitative estimate of drug-likeness (QED) is 0.729. The van der Waals surface area contributed by atoms with Gasteiger partial charge in [-0.2, -0.15) is 0 Å². The molecule has 0 radical (unpaired) electrons. The second-order valence-electron chi connectivity index (χ2n) is 6.41. The van der Waals surface area contributed by atoms with Gasteiger partial charge in [0.1, 0.15) is 10.6 Å². The Morgan fingerprint density at radius 1 is 1.08 bits per heavy atom. The van der Waals surface area contributed by atoms with Crippen molar-refractivity contribution in [1.29, 1.82) is 0 Å². The minimum absolute atomic E-state index is 0.434. The Morgan fingerprint density at radius 3 is 2.92 bits per heavy atom.